The molecule has 2 aromatic rings. The fraction of sp³-hybridized carbons (Fsp3) is 0.250. The van der Waals surface area contributed by atoms with Crippen LogP contribution in [0.1, 0.15) is 36.5 Å². The summed E-state index contributed by atoms with van der Waals surface area (Å²) in [4.78, 5) is 0. The highest BCUT2D eigenvalue weighted by atomic mass is 19.2. The van der Waals surface area contributed by atoms with Crippen molar-refractivity contribution in [2.45, 2.75) is 26.2 Å². The van der Waals surface area contributed by atoms with Gasteiger partial charge in [0, 0.05) is 0 Å². The van der Waals surface area contributed by atoms with Crippen LogP contribution in [-0.4, -0.2) is 0 Å². The molecule has 0 heterocycles. The van der Waals surface area contributed by atoms with Gasteiger partial charge in [0.1, 0.15) is 0 Å². The van der Waals surface area contributed by atoms with Gasteiger partial charge < -0.3 is 0 Å². The van der Waals surface area contributed by atoms with Crippen LogP contribution in [0.4, 0.5) is 13.2 Å². The van der Waals surface area contributed by atoms with Gasteiger partial charge in [0.05, 0.1) is 0 Å². The predicted molar refractivity (Wildman–Crippen MR) is 69.7 cm³/mol. The molecule has 100 valence electrons. The van der Waals surface area contributed by atoms with Gasteiger partial charge in [-0.1, -0.05) is 38.1 Å². The molecule has 0 atom stereocenters. The predicted octanol–water partition coefficient (Wildman–Crippen LogP) is 4.82. The zero-order chi connectivity index (χ0) is 14.0. The van der Waals surface area contributed by atoms with Crippen LogP contribution in [0.15, 0.2) is 36.4 Å². The first-order valence-electron chi connectivity index (χ1n) is 6.19. The van der Waals surface area contributed by atoms with Crippen LogP contribution < -0.4 is 0 Å². The van der Waals surface area contributed by atoms with E-state index in [2.05, 4.69) is 13.8 Å². The Kier molecular flexibility index (Phi) is 3.93. The standard InChI is InChI=1S/C16H15F3/c1-10(2)13-5-3-11(4-6-13)7-12-8-14(17)16(19)15(18)9-12/h3-6,8-10H,7H2,1-2H3. The molecule has 0 aliphatic carbocycles. The lowest BCUT2D eigenvalue weighted by Crippen LogP contribution is -1.96. The Hall–Kier alpha value is -1.77. The highest BCUT2D eigenvalue weighted by Gasteiger charge is 2.10. The average molecular weight is 264 g/mol. The molecule has 0 aromatic heterocycles. The summed E-state index contributed by atoms with van der Waals surface area (Å²) in [5, 5.41) is 0. The normalized spacial score (nSPS) is 11.1. The summed E-state index contributed by atoms with van der Waals surface area (Å²) in [5.41, 5.74) is 2.57. The molecular formula is C16H15F3. The van der Waals surface area contributed by atoms with Gasteiger partial charge in [0.25, 0.3) is 0 Å². The Balaban J connectivity index is 2.21. The van der Waals surface area contributed by atoms with Crippen LogP contribution in [0, 0.1) is 17.5 Å². The zero-order valence-corrected chi connectivity index (χ0v) is 10.9. The number of hydrogen-bond acceptors (Lipinski definition) is 0. The molecule has 0 saturated heterocycles. The summed E-state index contributed by atoms with van der Waals surface area (Å²) >= 11 is 0. The van der Waals surface area contributed by atoms with Gasteiger partial charge in [0.2, 0.25) is 0 Å². The van der Waals surface area contributed by atoms with E-state index in [0.29, 0.717) is 17.9 Å². The van der Waals surface area contributed by atoms with E-state index in [0.717, 1.165) is 17.7 Å². The van der Waals surface area contributed by atoms with Crippen molar-refractivity contribution in [2.24, 2.45) is 0 Å². The van der Waals surface area contributed by atoms with E-state index in [1.807, 2.05) is 24.3 Å². The van der Waals surface area contributed by atoms with Crippen LogP contribution in [0.3, 0.4) is 0 Å². The molecule has 19 heavy (non-hydrogen) atoms. The molecule has 0 bridgehead atoms. The van der Waals surface area contributed by atoms with E-state index in [1.165, 1.54) is 5.56 Å². The van der Waals surface area contributed by atoms with Crippen molar-refractivity contribution in [2.75, 3.05) is 0 Å². The van der Waals surface area contributed by atoms with E-state index in [9.17, 15) is 13.2 Å². The number of rotatable bonds is 3. The molecule has 0 aliphatic rings. The second-order valence-corrected chi connectivity index (χ2v) is 4.95. The van der Waals surface area contributed by atoms with Gasteiger partial charge in [-0.05, 0) is 41.2 Å². The molecule has 3 heteroatoms. The van der Waals surface area contributed by atoms with Crippen molar-refractivity contribution < 1.29 is 13.2 Å². The van der Waals surface area contributed by atoms with Crippen molar-refractivity contribution in [3.8, 4) is 0 Å². The minimum Gasteiger partial charge on any atom is -0.204 e. The first-order valence-corrected chi connectivity index (χ1v) is 6.19. The van der Waals surface area contributed by atoms with E-state index in [1.54, 1.807) is 0 Å². The van der Waals surface area contributed by atoms with Crippen LogP contribution in [0.2, 0.25) is 0 Å². The molecule has 0 N–H and O–H groups in total. The smallest absolute Gasteiger partial charge is 0.194 e. The Labute approximate surface area is 110 Å². The summed E-state index contributed by atoms with van der Waals surface area (Å²) in [7, 11) is 0. The molecule has 0 amide bonds. The maximum atomic E-state index is 13.1. The topological polar surface area (TPSA) is 0 Å². The first kappa shape index (κ1) is 13.7. The van der Waals surface area contributed by atoms with Gasteiger partial charge in [-0.2, -0.15) is 0 Å². The van der Waals surface area contributed by atoms with Crippen LogP contribution in [-0.2, 0) is 6.42 Å². The van der Waals surface area contributed by atoms with Crippen molar-refractivity contribution in [1.29, 1.82) is 0 Å². The quantitative estimate of drug-likeness (QED) is 0.697. The third-order valence-corrected chi connectivity index (χ3v) is 3.10. The molecule has 0 aliphatic heterocycles. The Morgan fingerprint density at radius 2 is 1.37 bits per heavy atom. The molecule has 0 nitrogen and oxygen atoms in total. The summed E-state index contributed by atoms with van der Waals surface area (Å²) in [6.45, 7) is 4.19. The number of halogens is 3. The second kappa shape index (κ2) is 5.47. The molecule has 2 rings (SSSR count). The van der Waals surface area contributed by atoms with Crippen molar-refractivity contribution in [1.82, 2.24) is 0 Å². The Bertz CT molecular complexity index is 548. The van der Waals surface area contributed by atoms with Crippen LogP contribution in [0.5, 0.6) is 0 Å². The summed E-state index contributed by atoms with van der Waals surface area (Å²) in [6.07, 6.45) is 0.381. The Morgan fingerprint density at radius 1 is 0.842 bits per heavy atom. The van der Waals surface area contributed by atoms with Crippen LogP contribution >= 0.6 is 0 Å². The monoisotopic (exact) mass is 264 g/mol. The van der Waals surface area contributed by atoms with E-state index >= 15 is 0 Å². The fourth-order valence-corrected chi connectivity index (χ4v) is 1.97. The maximum absolute atomic E-state index is 13.1. The van der Waals surface area contributed by atoms with Crippen LogP contribution in [0.25, 0.3) is 0 Å². The zero-order valence-electron chi connectivity index (χ0n) is 10.9. The summed E-state index contributed by atoms with van der Waals surface area (Å²) in [5.74, 6) is -3.27. The highest BCUT2D eigenvalue weighted by molar-refractivity contribution is 5.30. The van der Waals surface area contributed by atoms with Gasteiger partial charge in [-0.15, -0.1) is 0 Å². The largest absolute Gasteiger partial charge is 0.204 e. The first-order chi connectivity index (χ1) is 8.97. The van der Waals surface area contributed by atoms with E-state index in [4.69, 9.17) is 0 Å². The Morgan fingerprint density at radius 3 is 1.84 bits per heavy atom. The third-order valence-electron chi connectivity index (χ3n) is 3.10. The molecule has 0 saturated carbocycles. The minimum atomic E-state index is -1.42. The van der Waals surface area contributed by atoms with E-state index in [-0.39, 0.29) is 0 Å². The molecule has 2 aromatic carbocycles. The lowest BCUT2D eigenvalue weighted by Gasteiger charge is -2.07. The molecule has 0 radical (unpaired) electrons. The fourth-order valence-electron chi connectivity index (χ4n) is 1.97. The van der Waals surface area contributed by atoms with Gasteiger partial charge in [0.15, 0.2) is 17.5 Å². The number of hydrogen-bond donors (Lipinski definition) is 0. The molecule has 0 fully saturated rings. The molecule has 0 spiro atoms. The lowest BCUT2D eigenvalue weighted by molar-refractivity contribution is 0.445. The number of benzene rings is 2. The highest BCUT2D eigenvalue weighted by Crippen LogP contribution is 2.19. The van der Waals surface area contributed by atoms with E-state index < -0.39 is 17.5 Å². The van der Waals surface area contributed by atoms with Crippen molar-refractivity contribution in [3.05, 3.63) is 70.5 Å². The van der Waals surface area contributed by atoms with Gasteiger partial charge in [-0.25, -0.2) is 13.2 Å². The maximum Gasteiger partial charge on any atom is 0.194 e. The lowest BCUT2D eigenvalue weighted by atomic mass is 9.99. The van der Waals surface area contributed by atoms with Gasteiger partial charge in [-0.3, -0.25) is 0 Å². The second-order valence-electron chi connectivity index (χ2n) is 4.95. The molecule has 0 unspecified atom stereocenters. The van der Waals surface area contributed by atoms with Crippen molar-refractivity contribution >= 4 is 0 Å². The SMILES string of the molecule is CC(C)c1ccc(Cc2cc(F)c(F)c(F)c2)cc1. The summed E-state index contributed by atoms with van der Waals surface area (Å²) in [6, 6.07) is 9.92. The van der Waals surface area contributed by atoms with Gasteiger partial charge >= 0.3 is 0 Å². The third kappa shape index (κ3) is 3.16. The summed E-state index contributed by atoms with van der Waals surface area (Å²) < 4.78 is 39.0. The average Bonchev–Trinajstić information content (AvgIpc) is 2.36. The molecular weight excluding hydrogens is 249 g/mol. The van der Waals surface area contributed by atoms with Crippen molar-refractivity contribution in [3.63, 3.8) is 0 Å². The minimum absolute atomic E-state index is 0.381.